The minimum absolute atomic E-state index is 0.413. The monoisotopic (exact) mass is 324 g/mol. The summed E-state index contributed by atoms with van der Waals surface area (Å²) < 4.78 is 5.33. The van der Waals surface area contributed by atoms with E-state index in [-0.39, 0.29) is 0 Å². The van der Waals surface area contributed by atoms with Crippen molar-refractivity contribution in [3.63, 3.8) is 0 Å². The van der Waals surface area contributed by atoms with E-state index in [4.69, 9.17) is 16.1 Å². The highest BCUT2D eigenvalue weighted by atomic mass is 35.5. The summed E-state index contributed by atoms with van der Waals surface area (Å²) in [7, 11) is 0. The van der Waals surface area contributed by atoms with Crippen molar-refractivity contribution in [1.82, 2.24) is 15.5 Å². The van der Waals surface area contributed by atoms with Crippen LogP contribution >= 0.6 is 11.6 Å². The van der Waals surface area contributed by atoms with Gasteiger partial charge in [-0.1, -0.05) is 53.2 Å². The van der Waals surface area contributed by atoms with E-state index in [2.05, 4.69) is 20.4 Å². The Balaban J connectivity index is 1.63. The molecule has 0 atom stereocenters. The molecule has 6 heteroatoms. The van der Waals surface area contributed by atoms with E-state index in [1.54, 1.807) is 6.07 Å². The highest BCUT2D eigenvalue weighted by Crippen LogP contribution is 2.28. The minimum Gasteiger partial charge on any atom is -0.368 e. The molecule has 0 unspecified atom stereocenters. The van der Waals surface area contributed by atoms with Crippen molar-refractivity contribution in [3.05, 3.63) is 59.1 Å². The summed E-state index contributed by atoms with van der Waals surface area (Å²) in [6.45, 7) is 1.71. The van der Waals surface area contributed by atoms with Gasteiger partial charge >= 0.3 is 0 Å². The Morgan fingerprint density at radius 3 is 2.52 bits per heavy atom. The highest BCUT2D eigenvalue weighted by molar-refractivity contribution is 6.33. The number of hydrogen-bond donors (Lipinski definition) is 1. The molecule has 0 amide bonds. The lowest BCUT2D eigenvalue weighted by Gasteiger charge is -2.02. The number of hydrogen-bond acceptors (Lipinski definition) is 5. The maximum absolute atomic E-state index is 6.16. The lowest BCUT2D eigenvalue weighted by Crippen LogP contribution is -2.19. The standard InChI is InChI=1S/C17H13ClN4O/c18-14-4-2-1-3-13(14)17-21-16(22-23-17)12-7-5-11(6-8-12)15-19-9-10-20-15/h1-8H,9-10H2,(H,19,20). The Morgan fingerprint density at radius 2 is 1.78 bits per heavy atom. The first-order valence-corrected chi connectivity index (χ1v) is 7.67. The largest absolute Gasteiger partial charge is 0.368 e. The van der Waals surface area contributed by atoms with Crippen LogP contribution in [0.25, 0.3) is 22.8 Å². The first kappa shape index (κ1) is 14.0. The van der Waals surface area contributed by atoms with Crippen LogP contribution < -0.4 is 5.32 Å². The third-order valence-electron chi connectivity index (χ3n) is 3.62. The van der Waals surface area contributed by atoms with E-state index in [0.29, 0.717) is 16.7 Å². The van der Waals surface area contributed by atoms with Gasteiger partial charge in [-0.2, -0.15) is 4.98 Å². The SMILES string of the molecule is Clc1ccccc1-c1nc(-c2ccc(C3=NCCN3)cc2)no1. The summed E-state index contributed by atoms with van der Waals surface area (Å²) in [6.07, 6.45) is 0. The molecule has 4 rings (SSSR count). The van der Waals surface area contributed by atoms with Gasteiger partial charge in [0.15, 0.2) is 0 Å². The van der Waals surface area contributed by atoms with Gasteiger partial charge < -0.3 is 9.84 Å². The van der Waals surface area contributed by atoms with Gasteiger partial charge in [-0.25, -0.2) is 0 Å². The smallest absolute Gasteiger partial charge is 0.259 e. The number of nitrogens with one attached hydrogen (secondary N) is 1. The lowest BCUT2D eigenvalue weighted by atomic mass is 10.1. The summed E-state index contributed by atoms with van der Waals surface area (Å²) in [4.78, 5) is 8.83. The maximum Gasteiger partial charge on any atom is 0.259 e. The molecule has 1 aromatic heterocycles. The molecule has 0 bridgehead atoms. The van der Waals surface area contributed by atoms with Crippen molar-refractivity contribution in [1.29, 1.82) is 0 Å². The van der Waals surface area contributed by atoms with Crippen molar-refractivity contribution < 1.29 is 4.52 Å². The first-order valence-electron chi connectivity index (χ1n) is 7.29. The minimum atomic E-state index is 0.413. The van der Waals surface area contributed by atoms with Crippen LogP contribution in [0.2, 0.25) is 5.02 Å². The average Bonchev–Trinajstić information content (AvgIpc) is 3.27. The summed E-state index contributed by atoms with van der Waals surface area (Å²) in [6, 6.07) is 15.3. The van der Waals surface area contributed by atoms with Gasteiger partial charge in [-0.3, -0.25) is 4.99 Å². The number of aliphatic imine (C=N–C) groups is 1. The molecule has 0 aliphatic carbocycles. The summed E-state index contributed by atoms with van der Waals surface area (Å²) in [5, 5.41) is 7.88. The third-order valence-corrected chi connectivity index (χ3v) is 3.95. The van der Waals surface area contributed by atoms with Crippen LogP contribution in [0.4, 0.5) is 0 Å². The van der Waals surface area contributed by atoms with E-state index in [1.807, 2.05) is 42.5 Å². The number of nitrogens with zero attached hydrogens (tertiary/aromatic N) is 3. The van der Waals surface area contributed by atoms with Gasteiger partial charge in [0.05, 0.1) is 17.1 Å². The molecule has 2 aromatic carbocycles. The van der Waals surface area contributed by atoms with Gasteiger partial charge in [0.2, 0.25) is 5.82 Å². The fourth-order valence-electron chi connectivity index (χ4n) is 2.45. The molecule has 0 saturated carbocycles. The van der Waals surface area contributed by atoms with Crippen molar-refractivity contribution in [2.24, 2.45) is 4.99 Å². The highest BCUT2D eigenvalue weighted by Gasteiger charge is 2.14. The first-order chi connectivity index (χ1) is 11.3. The molecule has 0 radical (unpaired) electrons. The molecule has 5 nitrogen and oxygen atoms in total. The van der Waals surface area contributed by atoms with Gasteiger partial charge in [-0.15, -0.1) is 0 Å². The van der Waals surface area contributed by atoms with Crippen LogP contribution in [0, 0.1) is 0 Å². The predicted molar refractivity (Wildman–Crippen MR) is 89.6 cm³/mol. The molecule has 2 heterocycles. The molecule has 3 aromatic rings. The van der Waals surface area contributed by atoms with Crippen LogP contribution in [-0.2, 0) is 0 Å². The molecule has 1 aliphatic heterocycles. The fraction of sp³-hybridized carbons (Fsp3) is 0.118. The maximum atomic E-state index is 6.16. The molecule has 0 saturated heterocycles. The normalized spacial score (nSPS) is 13.7. The summed E-state index contributed by atoms with van der Waals surface area (Å²) in [5.74, 6) is 1.88. The molecule has 0 spiro atoms. The number of halogens is 1. The Bertz CT molecular complexity index is 870. The molecular formula is C17H13ClN4O. The topological polar surface area (TPSA) is 63.3 Å². The zero-order chi connectivity index (χ0) is 15.6. The Kier molecular flexibility index (Phi) is 3.55. The molecule has 23 heavy (non-hydrogen) atoms. The van der Waals surface area contributed by atoms with Gasteiger partial charge in [0.25, 0.3) is 5.89 Å². The van der Waals surface area contributed by atoms with Crippen LogP contribution in [0.1, 0.15) is 5.56 Å². The van der Waals surface area contributed by atoms with Crippen molar-refractivity contribution in [2.75, 3.05) is 13.1 Å². The van der Waals surface area contributed by atoms with Crippen molar-refractivity contribution in [2.45, 2.75) is 0 Å². The van der Waals surface area contributed by atoms with E-state index in [0.717, 1.165) is 35.6 Å². The Morgan fingerprint density at radius 1 is 1.00 bits per heavy atom. The number of rotatable bonds is 3. The number of benzene rings is 2. The molecule has 1 aliphatic rings. The fourth-order valence-corrected chi connectivity index (χ4v) is 2.67. The van der Waals surface area contributed by atoms with E-state index in [9.17, 15) is 0 Å². The zero-order valence-electron chi connectivity index (χ0n) is 12.2. The van der Waals surface area contributed by atoms with E-state index in [1.165, 1.54) is 0 Å². The van der Waals surface area contributed by atoms with Crippen LogP contribution in [0.15, 0.2) is 58.0 Å². The second-order valence-electron chi connectivity index (χ2n) is 5.14. The lowest BCUT2D eigenvalue weighted by molar-refractivity contribution is 0.432. The van der Waals surface area contributed by atoms with Crippen molar-refractivity contribution in [3.8, 4) is 22.8 Å². The molecular weight excluding hydrogens is 312 g/mol. The molecule has 0 fully saturated rings. The van der Waals surface area contributed by atoms with Gasteiger partial charge in [0.1, 0.15) is 5.84 Å². The third kappa shape index (κ3) is 2.71. The van der Waals surface area contributed by atoms with Crippen LogP contribution in [0.3, 0.4) is 0 Å². The second-order valence-corrected chi connectivity index (χ2v) is 5.54. The van der Waals surface area contributed by atoms with Crippen molar-refractivity contribution >= 4 is 17.4 Å². The quantitative estimate of drug-likeness (QED) is 0.802. The summed E-state index contributed by atoms with van der Waals surface area (Å²) in [5.41, 5.74) is 2.67. The summed E-state index contributed by atoms with van der Waals surface area (Å²) >= 11 is 6.16. The number of aromatic nitrogens is 2. The second kappa shape index (κ2) is 5.85. The molecule has 114 valence electrons. The molecule has 1 N–H and O–H groups in total. The zero-order valence-corrected chi connectivity index (χ0v) is 12.9. The van der Waals surface area contributed by atoms with Crippen LogP contribution in [0.5, 0.6) is 0 Å². The average molecular weight is 325 g/mol. The van der Waals surface area contributed by atoms with Gasteiger partial charge in [0, 0.05) is 17.7 Å². The Labute approximate surface area is 138 Å². The Hall–Kier alpha value is -2.66. The van der Waals surface area contributed by atoms with Gasteiger partial charge in [-0.05, 0) is 12.1 Å². The van der Waals surface area contributed by atoms with E-state index < -0.39 is 0 Å². The predicted octanol–water partition coefficient (Wildman–Crippen LogP) is 3.41. The van der Waals surface area contributed by atoms with Crippen LogP contribution in [-0.4, -0.2) is 29.1 Å². The number of amidine groups is 1. The van der Waals surface area contributed by atoms with E-state index >= 15 is 0 Å².